The lowest BCUT2D eigenvalue weighted by atomic mass is 10.2. The molecular formula is C12H13ClN4O2. The zero-order valence-electron chi connectivity index (χ0n) is 10.4. The summed E-state index contributed by atoms with van der Waals surface area (Å²) in [5, 5.41) is 18.9. The monoisotopic (exact) mass is 280 g/mol. The molecule has 6 nitrogen and oxygen atoms in total. The van der Waals surface area contributed by atoms with Crippen molar-refractivity contribution in [2.45, 2.75) is 19.8 Å². The fourth-order valence-corrected chi connectivity index (χ4v) is 1.86. The Kier molecular flexibility index (Phi) is 4.11. The Morgan fingerprint density at radius 1 is 1.47 bits per heavy atom. The van der Waals surface area contributed by atoms with Gasteiger partial charge in [-0.2, -0.15) is 0 Å². The van der Waals surface area contributed by atoms with Crippen LogP contribution in [-0.4, -0.2) is 25.8 Å². The molecule has 1 heterocycles. The van der Waals surface area contributed by atoms with Crippen LogP contribution in [0.1, 0.15) is 17.7 Å². The lowest BCUT2D eigenvalue weighted by Gasteiger charge is -2.01. The minimum absolute atomic E-state index is 0.0790. The largest absolute Gasteiger partial charge is 0.274 e. The molecule has 7 heteroatoms. The number of hydrogen-bond donors (Lipinski definition) is 0. The van der Waals surface area contributed by atoms with Crippen molar-refractivity contribution < 1.29 is 4.92 Å². The molecule has 0 saturated carbocycles. The minimum atomic E-state index is -0.399. The number of aryl methyl sites for hydroxylation is 2. The zero-order valence-corrected chi connectivity index (χ0v) is 11.2. The number of nitro groups is 1. The number of benzene rings is 1. The Morgan fingerprint density at radius 2 is 2.26 bits per heavy atom. The van der Waals surface area contributed by atoms with Crippen LogP contribution < -0.4 is 0 Å². The molecule has 0 aliphatic rings. The molecule has 19 heavy (non-hydrogen) atoms. The van der Waals surface area contributed by atoms with Gasteiger partial charge in [0, 0.05) is 17.5 Å². The summed E-state index contributed by atoms with van der Waals surface area (Å²) in [5.74, 6) is 0.572. The van der Waals surface area contributed by atoms with Gasteiger partial charge in [-0.25, -0.2) is 4.68 Å². The van der Waals surface area contributed by atoms with Gasteiger partial charge in [-0.3, -0.25) is 10.1 Å². The molecule has 2 aromatic rings. The van der Waals surface area contributed by atoms with E-state index >= 15 is 0 Å². The molecule has 0 bridgehead atoms. The molecule has 0 radical (unpaired) electrons. The van der Waals surface area contributed by atoms with Crippen LogP contribution in [0, 0.1) is 17.0 Å². The number of nitrogens with zero attached hydrogens (tertiary/aromatic N) is 4. The average molecular weight is 281 g/mol. The quantitative estimate of drug-likeness (QED) is 0.479. The molecule has 100 valence electrons. The van der Waals surface area contributed by atoms with E-state index in [4.69, 9.17) is 11.6 Å². The molecular weight excluding hydrogens is 268 g/mol. The fraction of sp³-hybridized carbons (Fsp3) is 0.333. The Bertz CT molecular complexity index is 597. The van der Waals surface area contributed by atoms with Crippen molar-refractivity contribution >= 4 is 17.3 Å². The predicted octanol–water partition coefficient (Wildman–Crippen LogP) is 2.66. The van der Waals surface area contributed by atoms with E-state index in [1.54, 1.807) is 25.3 Å². The van der Waals surface area contributed by atoms with Crippen LogP contribution in [0.15, 0.2) is 24.4 Å². The van der Waals surface area contributed by atoms with E-state index in [9.17, 15) is 10.1 Å². The number of nitro benzene ring substituents is 1. The van der Waals surface area contributed by atoms with Gasteiger partial charge in [0.15, 0.2) is 0 Å². The summed E-state index contributed by atoms with van der Waals surface area (Å²) < 4.78 is 1.54. The first-order valence-corrected chi connectivity index (χ1v) is 6.38. The second-order valence-electron chi connectivity index (χ2n) is 4.17. The van der Waals surface area contributed by atoms with Crippen LogP contribution in [0.5, 0.6) is 0 Å². The van der Waals surface area contributed by atoms with Gasteiger partial charge >= 0.3 is 0 Å². The van der Waals surface area contributed by atoms with Gasteiger partial charge < -0.3 is 0 Å². The standard InChI is InChI=1S/C12H13ClN4O2/c1-9-4-5-11(7-12(9)17(18)19)16-8-10(14-15-16)3-2-6-13/h4-5,7-8H,2-3,6H2,1H3. The minimum Gasteiger partial charge on any atom is -0.258 e. The van der Waals surface area contributed by atoms with E-state index in [1.807, 2.05) is 0 Å². The Hall–Kier alpha value is -1.95. The normalized spacial score (nSPS) is 10.6. The second-order valence-corrected chi connectivity index (χ2v) is 4.55. The first-order chi connectivity index (χ1) is 9.11. The van der Waals surface area contributed by atoms with Crippen molar-refractivity contribution in [1.82, 2.24) is 15.0 Å². The van der Waals surface area contributed by atoms with Crippen molar-refractivity contribution in [2.75, 3.05) is 5.88 Å². The zero-order chi connectivity index (χ0) is 13.8. The van der Waals surface area contributed by atoms with Gasteiger partial charge in [0.2, 0.25) is 0 Å². The number of rotatable bonds is 5. The van der Waals surface area contributed by atoms with Gasteiger partial charge in [-0.15, -0.1) is 16.7 Å². The van der Waals surface area contributed by atoms with Gasteiger partial charge in [0.05, 0.1) is 22.5 Å². The Morgan fingerprint density at radius 3 is 2.95 bits per heavy atom. The van der Waals surface area contributed by atoms with Crippen molar-refractivity contribution in [3.8, 4) is 5.69 Å². The molecule has 0 unspecified atom stereocenters. The lowest BCUT2D eigenvalue weighted by molar-refractivity contribution is -0.385. The Balaban J connectivity index is 2.29. The van der Waals surface area contributed by atoms with Crippen molar-refractivity contribution in [2.24, 2.45) is 0 Å². The molecule has 2 rings (SSSR count). The maximum atomic E-state index is 10.9. The summed E-state index contributed by atoms with van der Waals surface area (Å²) in [6.07, 6.45) is 3.34. The molecule has 0 atom stereocenters. The third-order valence-corrected chi connectivity index (χ3v) is 3.03. The molecule has 0 N–H and O–H groups in total. The van der Waals surface area contributed by atoms with Gasteiger partial charge in [0.1, 0.15) is 0 Å². The topological polar surface area (TPSA) is 73.8 Å². The van der Waals surface area contributed by atoms with Crippen molar-refractivity contribution in [3.63, 3.8) is 0 Å². The molecule has 0 fully saturated rings. The van der Waals surface area contributed by atoms with Crippen LogP contribution in [0.4, 0.5) is 5.69 Å². The summed E-state index contributed by atoms with van der Waals surface area (Å²) in [7, 11) is 0. The third kappa shape index (κ3) is 3.08. The van der Waals surface area contributed by atoms with Crippen LogP contribution in [-0.2, 0) is 6.42 Å². The summed E-state index contributed by atoms with van der Waals surface area (Å²) in [6.45, 7) is 1.70. The highest BCUT2D eigenvalue weighted by Crippen LogP contribution is 2.21. The molecule has 1 aromatic carbocycles. The Labute approximate surface area is 115 Å². The molecule has 1 aromatic heterocycles. The summed E-state index contributed by atoms with van der Waals surface area (Å²) in [4.78, 5) is 10.5. The first-order valence-electron chi connectivity index (χ1n) is 5.84. The van der Waals surface area contributed by atoms with E-state index in [2.05, 4.69) is 10.3 Å². The molecule has 0 aliphatic heterocycles. The van der Waals surface area contributed by atoms with Crippen LogP contribution >= 0.6 is 11.6 Å². The van der Waals surface area contributed by atoms with E-state index in [1.165, 1.54) is 10.7 Å². The summed E-state index contributed by atoms with van der Waals surface area (Å²) in [6, 6.07) is 4.98. The van der Waals surface area contributed by atoms with E-state index in [-0.39, 0.29) is 5.69 Å². The highest BCUT2D eigenvalue weighted by atomic mass is 35.5. The number of hydrogen-bond acceptors (Lipinski definition) is 4. The van der Waals surface area contributed by atoms with Crippen molar-refractivity contribution in [3.05, 3.63) is 45.8 Å². The fourth-order valence-electron chi connectivity index (χ4n) is 1.72. The SMILES string of the molecule is Cc1ccc(-n2cc(CCCCl)nn2)cc1[N+](=O)[O-]. The lowest BCUT2D eigenvalue weighted by Crippen LogP contribution is -1.98. The highest BCUT2D eigenvalue weighted by Gasteiger charge is 2.12. The predicted molar refractivity (Wildman–Crippen MR) is 71.8 cm³/mol. The number of aromatic nitrogens is 3. The molecule has 0 amide bonds. The van der Waals surface area contributed by atoms with Gasteiger partial charge in [0.25, 0.3) is 5.69 Å². The summed E-state index contributed by atoms with van der Waals surface area (Å²) >= 11 is 5.62. The van der Waals surface area contributed by atoms with E-state index in [0.29, 0.717) is 17.1 Å². The molecule has 0 spiro atoms. The maximum Gasteiger partial charge on any atom is 0.274 e. The first kappa shape index (κ1) is 13.5. The highest BCUT2D eigenvalue weighted by molar-refractivity contribution is 6.17. The average Bonchev–Trinajstić information content (AvgIpc) is 2.85. The van der Waals surface area contributed by atoms with E-state index < -0.39 is 4.92 Å². The molecule has 0 saturated heterocycles. The third-order valence-electron chi connectivity index (χ3n) is 2.76. The van der Waals surface area contributed by atoms with Crippen LogP contribution in [0.25, 0.3) is 5.69 Å². The molecule has 0 aliphatic carbocycles. The maximum absolute atomic E-state index is 10.9. The van der Waals surface area contributed by atoms with Crippen molar-refractivity contribution in [1.29, 1.82) is 0 Å². The van der Waals surface area contributed by atoms with Crippen LogP contribution in [0.2, 0.25) is 0 Å². The second kappa shape index (κ2) is 5.79. The number of alkyl halides is 1. The number of halogens is 1. The van der Waals surface area contributed by atoms with Gasteiger partial charge in [-0.1, -0.05) is 11.3 Å². The van der Waals surface area contributed by atoms with E-state index in [0.717, 1.165) is 18.5 Å². The van der Waals surface area contributed by atoms with Gasteiger partial charge in [-0.05, 0) is 25.8 Å². The summed E-state index contributed by atoms with van der Waals surface area (Å²) in [5.41, 5.74) is 2.15. The smallest absolute Gasteiger partial charge is 0.258 e. The van der Waals surface area contributed by atoms with Crippen LogP contribution in [0.3, 0.4) is 0 Å².